The monoisotopic (exact) mass is 309 g/mol. The molecular formula is C13H9F2N3O2S. The number of nitriles is 1. The first-order valence-corrected chi connectivity index (χ1v) is 7.09. The number of benzene rings is 2. The van der Waals surface area contributed by atoms with Crippen LogP contribution < -0.4 is 10.5 Å². The van der Waals surface area contributed by atoms with Gasteiger partial charge in [-0.1, -0.05) is 0 Å². The van der Waals surface area contributed by atoms with Crippen molar-refractivity contribution in [3.05, 3.63) is 53.6 Å². The molecule has 0 atom stereocenters. The van der Waals surface area contributed by atoms with Crippen LogP contribution in [0, 0.1) is 23.0 Å². The summed E-state index contributed by atoms with van der Waals surface area (Å²) in [5.74, 6) is -1.65. The molecule has 0 amide bonds. The predicted octanol–water partition coefficient (Wildman–Crippen LogP) is 2.22. The van der Waals surface area contributed by atoms with Gasteiger partial charge in [0.25, 0.3) is 10.0 Å². The molecule has 0 unspecified atom stereocenters. The van der Waals surface area contributed by atoms with Gasteiger partial charge in [0.15, 0.2) is 0 Å². The van der Waals surface area contributed by atoms with Crippen molar-refractivity contribution < 1.29 is 17.2 Å². The summed E-state index contributed by atoms with van der Waals surface area (Å²) < 4.78 is 52.8. The molecule has 0 heterocycles. The molecule has 0 spiro atoms. The summed E-state index contributed by atoms with van der Waals surface area (Å²) in [6, 6.07) is 7.86. The third kappa shape index (κ3) is 3.09. The molecule has 8 heteroatoms. The van der Waals surface area contributed by atoms with Crippen molar-refractivity contribution in [1.29, 1.82) is 5.26 Å². The Bertz CT molecular complexity index is 845. The maximum atomic E-state index is 13.7. The van der Waals surface area contributed by atoms with E-state index in [0.717, 1.165) is 30.3 Å². The number of nitrogens with one attached hydrogen (secondary N) is 1. The molecule has 0 aromatic heterocycles. The van der Waals surface area contributed by atoms with Crippen LogP contribution in [0.4, 0.5) is 20.2 Å². The third-order valence-electron chi connectivity index (χ3n) is 2.62. The molecule has 2 aromatic carbocycles. The molecular weight excluding hydrogens is 300 g/mol. The van der Waals surface area contributed by atoms with Crippen LogP contribution in [0.1, 0.15) is 5.56 Å². The second-order valence-electron chi connectivity index (χ2n) is 4.10. The van der Waals surface area contributed by atoms with E-state index in [4.69, 9.17) is 11.0 Å². The summed E-state index contributed by atoms with van der Waals surface area (Å²) in [6.45, 7) is 0. The molecule has 0 aliphatic rings. The van der Waals surface area contributed by atoms with Gasteiger partial charge in [-0.25, -0.2) is 17.2 Å². The largest absolute Gasteiger partial charge is 0.396 e. The van der Waals surface area contributed by atoms with Crippen molar-refractivity contribution in [3.8, 4) is 6.07 Å². The molecule has 21 heavy (non-hydrogen) atoms. The summed E-state index contributed by atoms with van der Waals surface area (Å²) in [5.41, 5.74) is 4.70. The number of halogens is 2. The Morgan fingerprint density at radius 1 is 1.10 bits per heavy atom. The maximum absolute atomic E-state index is 13.7. The van der Waals surface area contributed by atoms with Crippen LogP contribution in [-0.4, -0.2) is 8.42 Å². The highest BCUT2D eigenvalue weighted by Crippen LogP contribution is 2.22. The first kappa shape index (κ1) is 14.7. The lowest BCUT2D eigenvalue weighted by Gasteiger charge is -2.09. The number of nitrogens with zero attached hydrogens (tertiary/aromatic N) is 1. The van der Waals surface area contributed by atoms with E-state index in [1.165, 1.54) is 6.07 Å². The predicted molar refractivity (Wildman–Crippen MR) is 72.7 cm³/mol. The number of nitrogen functional groups attached to an aromatic ring is 1. The van der Waals surface area contributed by atoms with Crippen molar-refractivity contribution >= 4 is 21.4 Å². The lowest BCUT2D eigenvalue weighted by molar-refractivity contribution is 0.597. The lowest BCUT2D eigenvalue weighted by Crippen LogP contribution is -2.14. The van der Waals surface area contributed by atoms with Crippen LogP contribution in [0.3, 0.4) is 0 Å². The first-order chi connectivity index (χ1) is 9.83. The molecule has 2 rings (SSSR count). The van der Waals surface area contributed by atoms with Crippen LogP contribution >= 0.6 is 0 Å². The standard InChI is InChI=1S/C13H9F2N3O2S/c14-10-3-2-9(6-12(10)17)21(19,20)18-13-4-1-8(7-16)5-11(13)15/h1-6,18H,17H2. The molecule has 3 N–H and O–H groups in total. The van der Waals surface area contributed by atoms with Crippen molar-refractivity contribution in [2.75, 3.05) is 10.5 Å². The average Bonchev–Trinajstić information content (AvgIpc) is 2.43. The van der Waals surface area contributed by atoms with Crippen LogP contribution in [-0.2, 0) is 10.0 Å². The van der Waals surface area contributed by atoms with Gasteiger partial charge in [-0.2, -0.15) is 5.26 Å². The number of rotatable bonds is 3. The van der Waals surface area contributed by atoms with E-state index in [1.54, 1.807) is 6.07 Å². The second kappa shape index (κ2) is 5.38. The van der Waals surface area contributed by atoms with Crippen molar-refractivity contribution in [2.24, 2.45) is 0 Å². The van der Waals surface area contributed by atoms with Gasteiger partial charge >= 0.3 is 0 Å². The molecule has 108 valence electrons. The Labute approximate surface area is 119 Å². The summed E-state index contributed by atoms with van der Waals surface area (Å²) in [6.07, 6.45) is 0. The fourth-order valence-corrected chi connectivity index (χ4v) is 2.66. The lowest BCUT2D eigenvalue weighted by atomic mass is 10.2. The number of anilines is 2. The van der Waals surface area contributed by atoms with Gasteiger partial charge in [0, 0.05) is 0 Å². The fourth-order valence-electron chi connectivity index (χ4n) is 1.56. The number of sulfonamides is 1. The van der Waals surface area contributed by atoms with Crippen molar-refractivity contribution in [3.63, 3.8) is 0 Å². The van der Waals surface area contributed by atoms with Gasteiger partial charge in [0.05, 0.1) is 27.9 Å². The molecule has 0 aliphatic heterocycles. The van der Waals surface area contributed by atoms with Gasteiger partial charge in [-0.3, -0.25) is 4.72 Å². The topological polar surface area (TPSA) is 96.0 Å². The minimum absolute atomic E-state index is 0.0569. The highest BCUT2D eigenvalue weighted by atomic mass is 32.2. The molecule has 0 fully saturated rings. The molecule has 2 aromatic rings. The maximum Gasteiger partial charge on any atom is 0.262 e. The minimum atomic E-state index is -4.11. The SMILES string of the molecule is N#Cc1ccc(NS(=O)(=O)c2ccc(F)c(N)c2)c(F)c1. The van der Waals surface area contributed by atoms with Gasteiger partial charge in [-0.05, 0) is 36.4 Å². The quantitative estimate of drug-likeness (QED) is 0.850. The van der Waals surface area contributed by atoms with Gasteiger partial charge in [0.2, 0.25) is 0 Å². The summed E-state index contributed by atoms with van der Waals surface area (Å²) in [7, 11) is -4.11. The highest BCUT2D eigenvalue weighted by molar-refractivity contribution is 7.92. The van der Waals surface area contributed by atoms with E-state index in [9.17, 15) is 17.2 Å². The Kier molecular flexibility index (Phi) is 3.78. The second-order valence-corrected chi connectivity index (χ2v) is 5.78. The normalized spacial score (nSPS) is 10.9. The number of nitrogens with two attached hydrogens (primary N) is 1. The van der Waals surface area contributed by atoms with Crippen LogP contribution in [0.25, 0.3) is 0 Å². The summed E-state index contributed by atoms with van der Waals surface area (Å²) in [4.78, 5) is -0.301. The molecule has 0 aliphatic carbocycles. The number of hydrogen-bond donors (Lipinski definition) is 2. The van der Waals surface area contributed by atoms with Crippen molar-refractivity contribution in [1.82, 2.24) is 0 Å². The van der Waals surface area contributed by atoms with Crippen LogP contribution in [0.15, 0.2) is 41.3 Å². The van der Waals surface area contributed by atoms with E-state index < -0.39 is 21.7 Å². The molecule has 5 nitrogen and oxygen atoms in total. The Morgan fingerprint density at radius 3 is 2.38 bits per heavy atom. The third-order valence-corrected chi connectivity index (χ3v) is 3.98. The number of hydrogen-bond acceptors (Lipinski definition) is 4. The van der Waals surface area contributed by atoms with Gasteiger partial charge < -0.3 is 5.73 Å². The van der Waals surface area contributed by atoms with E-state index in [1.807, 2.05) is 4.72 Å². The summed E-state index contributed by atoms with van der Waals surface area (Å²) in [5, 5.41) is 8.62. The molecule has 0 saturated heterocycles. The smallest absolute Gasteiger partial charge is 0.262 e. The Hall–Kier alpha value is -2.66. The molecule has 0 saturated carbocycles. The van der Waals surface area contributed by atoms with Gasteiger partial charge in [-0.15, -0.1) is 0 Å². The van der Waals surface area contributed by atoms with E-state index in [0.29, 0.717) is 0 Å². The zero-order valence-electron chi connectivity index (χ0n) is 10.5. The van der Waals surface area contributed by atoms with Crippen LogP contribution in [0.5, 0.6) is 0 Å². The average molecular weight is 309 g/mol. The van der Waals surface area contributed by atoms with Gasteiger partial charge in [0.1, 0.15) is 11.6 Å². The minimum Gasteiger partial charge on any atom is -0.396 e. The first-order valence-electron chi connectivity index (χ1n) is 5.61. The van der Waals surface area contributed by atoms with E-state index in [2.05, 4.69) is 0 Å². The highest BCUT2D eigenvalue weighted by Gasteiger charge is 2.17. The fraction of sp³-hybridized carbons (Fsp3) is 0. The Balaban J connectivity index is 2.37. The molecule has 0 bridgehead atoms. The molecule has 0 radical (unpaired) electrons. The zero-order chi connectivity index (χ0) is 15.6. The van der Waals surface area contributed by atoms with E-state index in [-0.39, 0.29) is 21.8 Å². The zero-order valence-corrected chi connectivity index (χ0v) is 11.3. The van der Waals surface area contributed by atoms with Crippen molar-refractivity contribution in [2.45, 2.75) is 4.90 Å². The van der Waals surface area contributed by atoms with E-state index >= 15 is 0 Å². The van der Waals surface area contributed by atoms with Crippen LogP contribution in [0.2, 0.25) is 0 Å². The Morgan fingerprint density at radius 2 is 1.81 bits per heavy atom. The summed E-state index contributed by atoms with van der Waals surface area (Å²) >= 11 is 0.